The van der Waals surface area contributed by atoms with Crippen molar-refractivity contribution in [2.45, 2.75) is 9.79 Å². The van der Waals surface area contributed by atoms with Crippen molar-refractivity contribution in [2.75, 3.05) is 0 Å². The molecule has 4 rings (SSSR count). The Morgan fingerprint density at radius 2 is 0.885 bits per heavy atom. The molecule has 0 saturated heterocycles. The first kappa shape index (κ1) is 22.0. The maximum Gasteiger partial charge on any atom is 0.266 e. The second-order valence-corrected chi connectivity index (χ2v) is 8.16. The molecule has 2 aliphatic rings. The molecule has 2 aliphatic heterocycles. The van der Waals surface area contributed by atoms with E-state index in [1.165, 1.54) is 24.3 Å². The van der Waals surface area contributed by atoms with Crippen molar-refractivity contribution in [3.8, 4) is 0 Å². The third kappa shape index (κ3) is 3.87. The molecule has 0 atom stereocenters. The summed E-state index contributed by atoms with van der Waals surface area (Å²) >= 11 is 0. The molecule has 0 radical (unpaired) electrons. The Balaban J connectivity index is 0.000000241. The normalized spacial score (nSPS) is 17.1. The summed E-state index contributed by atoms with van der Waals surface area (Å²) in [7, 11) is -7.11. The molecule has 0 bridgehead atoms. The van der Waals surface area contributed by atoms with Gasteiger partial charge in [-0.2, -0.15) is 27.0 Å². The molecule has 140 valence electrons. The number of carbonyl (C=O) groups is 2. The first-order valence-electron chi connectivity index (χ1n) is 6.55. The summed E-state index contributed by atoms with van der Waals surface area (Å²) < 4.78 is 48.3. The lowest BCUT2D eigenvalue weighted by Gasteiger charge is -1.91. The van der Waals surface area contributed by atoms with E-state index in [0.717, 1.165) is 0 Å². The Labute approximate surface area is 164 Å². The molecule has 12 heteroatoms. The van der Waals surface area contributed by atoms with Crippen molar-refractivity contribution in [3.05, 3.63) is 59.7 Å². The van der Waals surface area contributed by atoms with Gasteiger partial charge in [0.15, 0.2) is 0 Å². The average molecular weight is 435 g/mol. The van der Waals surface area contributed by atoms with E-state index in [1.54, 1.807) is 24.3 Å². The fourth-order valence-electron chi connectivity index (χ4n) is 2.24. The summed E-state index contributed by atoms with van der Waals surface area (Å²) in [6.45, 7) is 0. The van der Waals surface area contributed by atoms with Gasteiger partial charge in [0.1, 0.15) is 9.79 Å². The number of benzene rings is 2. The van der Waals surface area contributed by atoms with Gasteiger partial charge in [-0.15, -0.1) is 0 Å². The Hall–Kier alpha value is -2.02. The van der Waals surface area contributed by atoms with E-state index in [2.05, 4.69) is 0 Å². The van der Waals surface area contributed by atoms with Gasteiger partial charge in [-0.3, -0.25) is 9.59 Å². The van der Waals surface area contributed by atoms with Crippen LogP contribution in [0.2, 0.25) is 0 Å². The summed E-state index contributed by atoms with van der Waals surface area (Å²) in [6.07, 6.45) is 0. The summed E-state index contributed by atoms with van der Waals surface area (Å²) in [5.41, 5.74) is 0.440. The van der Waals surface area contributed by atoms with Crippen LogP contribution in [0.3, 0.4) is 0 Å². The predicted molar refractivity (Wildman–Crippen MR) is 103 cm³/mol. The number of rotatable bonds is 0. The highest BCUT2D eigenvalue weighted by molar-refractivity contribution is 7.91. The summed E-state index contributed by atoms with van der Waals surface area (Å²) in [4.78, 5) is 22.1. The minimum atomic E-state index is -3.55. The van der Waals surface area contributed by atoms with Crippen LogP contribution in [0, 0.1) is 0 Å². The lowest BCUT2D eigenvalue weighted by atomic mass is 10.2. The number of amides is 2. The zero-order valence-electron chi connectivity index (χ0n) is 12.9. The highest BCUT2D eigenvalue weighted by atomic mass is 32.2. The van der Waals surface area contributed by atoms with Gasteiger partial charge in [-0.05, 0) is 24.3 Å². The first-order chi connectivity index (χ1) is 11.2. The highest BCUT2D eigenvalue weighted by Gasteiger charge is 2.32. The minimum absolute atomic E-state index is 0. The smallest absolute Gasteiger partial charge is 0.266 e. The van der Waals surface area contributed by atoms with Gasteiger partial charge >= 0.3 is 0 Å². The number of fused-ring (bicyclic) bond motifs is 2. The van der Waals surface area contributed by atoms with Gasteiger partial charge in [0.05, 0.1) is 11.1 Å². The van der Waals surface area contributed by atoms with Crippen LogP contribution in [0.1, 0.15) is 20.7 Å². The maximum atomic E-state index is 11.1. The number of hydrogen-bond donors (Lipinski definition) is 2. The molecule has 2 aromatic carbocycles. The first-order valence-corrected chi connectivity index (χ1v) is 9.51. The van der Waals surface area contributed by atoms with Crippen LogP contribution in [0.25, 0.3) is 0 Å². The molecule has 0 saturated carbocycles. The number of nitrogens with one attached hydrogen (secondary N) is 2. The lowest BCUT2D eigenvalue weighted by molar-refractivity contribution is 0.0976. The zero-order valence-corrected chi connectivity index (χ0v) is 16.5. The van der Waals surface area contributed by atoms with E-state index in [1.807, 2.05) is 9.44 Å². The Kier molecular flexibility index (Phi) is 6.52. The van der Waals surface area contributed by atoms with Crippen molar-refractivity contribution >= 4 is 58.9 Å². The zero-order chi connectivity index (χ0) is 17.5. The monoisotopic (exact) mass is 434 g/mol. The van der Waals surface area contributed by atoms with Gasteiger partial charge in [0.25, 0.3) is 31.9 Å². The van der Waals surface area contributed by atoms with Crippen LogP contribution in [0.5, 0.6) is 0 Å². The fraction of sp³-hybridized carbons (Fsp3) is 0. The summed E-state index contributed by atoms with van der Waals surface area (Å²) in [6, 6.07) is 12.2. The van der Waals surface area contributed by atoms with E-state index < -0.39 is 31.9 Å². The van der Waals surface area contributed by atoms with Gasteiger partial charge in [0.2, 0.25) is 0 Å². The van der Waals surface area contributed by atoms with E-state index >= 15 is 0 Å². The van der Waals surface area contributed by atoms with Crippen molar-refractivity contribution < 1.29 is 26.4 Å². The lowest BCUT2D eigenvalue weighted by Crippen LogP contribution is -2.20. The molecule has 0 unspecified atom stereocenters. The number of carbonyl (C=O) groups excluding carboxylic acids is 2. The SMILES string of the molecule is O=C1NS(=O)(=O)c2ccccc21.O=C1NS(=O)(=O)c2ccccc21.S.S. The van der Waals surface area contributed by atoms with E-state index in [0.29, 0.717) is 0 Å². The van der Waals surface area contributed by atoms with Crippen LogP contribution in [-0.2, 0) is 20.0 Å². The molecule has 0 fully saturated rings. The third-order valence-corrected chi connectivity index (χ3v) is 6.07. The summed E-state index contributed by atoms with van der Waals surface area (Å²) in [5, 5.41) is 0. The molecule has 26 heavy (non-hydrogen) atoms. The van der Waals surface area contributed by atoms with Crippen molar-refractivity contribution in [2.24, 2.45) is 0 Å². The quantitative estimate of drug-likeness (QED) is 0.620. The Bertz CT molecular complexity index is 993. The van der Waals surface area contributed by atoms with E-state index in [-0.39, 0.29) is 47.9 Å². The molecule has 0 spiro atoms. The Morgan fingerprint density at radius 3 is 1.19 bits per heavy atom. The molecule has 2 aromatic rings. The highest BCUT2D eigenvalue weighted by Crippen LogP contribution is 2.21. The summed E-state index contributed by atoms with van der Waals surface area (Å²) in [5.74, 6) is -1.10. The van der Waals surface area contributed by atoms with Crippen LogP contribution in [0.4, 0.5) is 0 Å². The average Bonchev–Trinajstić information content (AvgIpc) is 2.91. The van der Waals surface area contributed by atoms with E-state index in [4.69, 9.17) is 0 Å². The topological polar surface area (TPSA) is 126 Å². The molecular formula is C14H14N2O6S4. The second-order valence-electron chi connectivity index (χ2n) is 4.86. The molecule has 2 N–H and O–H groups in total. The van der Waals surface area contributed by atoms with Gasteiger partial charge in [0, 0.05) is 0 Å². The van der Waals surface area contributed by atoms with E-state index in [9.17, 15) is 26.4 Å². The molecule has 0 aliphatic carbocycles. The third-order valence-electron chi connectivity index (χ3n) is 3.30. The fourth-order valence-corrected chi connectivity index (χ4v) is 4.59. The number of sulfonamides is 2. The van der Waals surface area contributed by atoms with Gasteiger partial charge in [-0.25, -0.2) is 26.3 Å². The standard InChI is InChI=1S/2C7H5NO3S.2H2S/c2*9-7-5-3-1-2-4-6(5)12(10,11)8-7;;/h2*1-4H,(H,8,9);2*1H2. The predicted octanol–water partition coefficient (Wildman–Crippen LogP) is 0.463. The largest absolute Gasteiger partial charge is 0.268 e. The molecule has 2 heterocycles. The maximum absolute atomic E-state index is 11.1. The van der Waals surface area contributed by atoms with Crippen molar-refractivity contribution in [3.63, 3.8) is 0 Å². The van der Waals surface area contributed by atoms with Gasteiger partial charge in [-0.1, -0.05) is 24.3 Å². The van der Waals surface area contributed by atoms with Crippen LogP contribution in [0.15, 0.2) is 58.3 Å². The second kappa shape index (κ2) is 7.70. The van der Waals surface area contributed by atoms with Crippen LogP contribution in [-0.4, -0.2) is 28.6 Å². The minimum Gasteiger partial charge on any atom is -0.268 e. The number of hydrogen-bond acceptors (Lipinski definition) is 6. The molecule has 2 amide bonds. The van der Waals surface area contributed by atoms with Crippen LogP contribution < -0.4 is 9.44 Å². The molecule has 8 nitrogen and oxygen atoms in total. The van der Waals surface area contributed by atoms with Gasteiger partial charge < -0.3 is 0 Å². The van der Waals surface area contributed by atoms with Crippen molar-refractivity contribution in [1.29, 1.82) is 0 Å². The Morgan fingerprint density at radius 1 is 0.577 bits per heavy atom. The van der Waals surface area contributed by atoms with Crippen LogP contribution >= 0.6 is 27.0 Å². The molecular weight excluding hydrogens is 420 g/mol. The molecule has 0 aromatic heterocycles. The van der Waals surface area contributed by atoms with Crippen molar-refractivity contribution in [1.82, 2.24) is 9.44 Å².